The first-order chi connectivity index (χ1) is 16.0. The van der Waals surface area contributed by atoms with Crippen LogP contribution >= 0.6 is 61.5 Å². The number of halogens is 3. The lowest BCUT2D eigenvalue weighted by atomic mass is 9.72. The molecule has 1 atom stereocenters. The van der Waals surface area contributed by atoms with Gasteiger partial charge in [-0.2, -0.15) is 0 Å². The molecule has 0 radical (unpaired) electrons. The van der Waals surface area contributed by atoms with Crippen LogP contribution < -0.4 is 5.32 Å². The Balaban J connectivity index is 1.73. The minimum atomic E-state index is -0.172. The molecular weight excluding hydrogens is 647 g/mol. The maximum Gasteiger partial charge on any atom is 0.259 e. The van der Waals surface area contributed by atoms with Crippen molar-refractivity contribution < 1.29 is 9.90 Å². The van der Waals surface area contributed by atoms with Crippen LogP contribution in [-0.2, 0) is 12.8 Å². The van der Waals surface area contributed by atoms with Gasteiger partial charge in [0.1, 0.15) is 10.8 Å². The zero-order valence-electron chi connectivity index (χ0n) is 19.1. The van der Waals surface area contributed by atoms with Crippen molar-refractivity contribution in [2.45, 2.75) is 40.0 Å². The molecule has 0 saturated carbocycles. The maximum atomic E-state index is 13.4. The summed E-state index contributed by atoms with van der Waals surface area (Å²) < 4.78 is 1.59. The van der Waals surface area contributed by atoms with Crippen LogP contribution in [-0.4, -0.2) is 17.2 Å². The van der Waals surface area contributed by atoms with E-state index in [2.05, 4.69) is 64.6 Å². The molecule has 4 nitrogen and oxygen atoms in total. The minimum absolute atomic E-state index is 0.172. The van der Waals surface area contributed by atoms with Crippen molar-refractivity contribution in [2.75, 3.05) is 5.32 Å². The second kappa shape index (κ2) is 10.3. The quantitative estimate of drug-likeness (QED) is 0.216. The van der Waals surface area contributed by atoms with E-state index in [1.807, 2.05) is 12.1 Å². The Kier molecular flexibility index (Phi) is 7.77. The molecule has 0 aliphatic heterocycles. The number of amides is 1. The van der Waals surface area contributed by atoms with E-state index in [0.717, 1.165) is 32.9 Å². The minimum Gasteiger partial charge on any atom is -0.506 e. The van der Waals surface area contributed by atoms with Crippen molar-refractivity contribution in [3.05, 3.63) is 71.0 Å². The number of aliphatic imine (C=N–C) groups is 1. The third kappa shape index (κ3) is 5.69. The molecule has 178 valence electrons. The maximum absolute atomic E-state index is 13.4. The fourth-order valence-corrected chi connectivity index (χ4v) is 7.12. The van der Waals surface area contributed by atoms with Crippen molar-refractivity contribution in [1.82, 2.24) is 0 Å². The normalized spacial score (nSPS) is 16.0. The monoisotopic (exact) mass is 670 g/mol. The predicted molar refractivity (Wildman–Crippen MR) is 154 cm³/mol. The summed E-state index contributed by atoms with van der Waals surface area (Å²) in [5.74, 6) is 0.557. The third-order valence-corrected chi connectivity index (χ3v) is 8.87. The molecule has 34 heavy (non-hydrogen) atoms. The predicted octanol–water partition coefficient (Wildman–Crippen LogP) is 8.63. The van der Waals surface area contributed by atoms with Crippen molar-refractivity contribution in [3.8, 4) is 5.75 Å². The summed E-state index contributed by atoms with van der Waals surface area (Å²) in [6, 6.07) is 10.8. The van der Waals surface area contributed by atoms with Gasteiger partial charge in [-0.1, -0.05) is 48.3 Å². The van der Waals surface area contributed by atoms with Gasteiger partial charge in [0.15, 0.2) is 0 Å². The van der Waals surface area contributed by atoms with E-state index in [0.29, 0.717) is 32.8 Å². The SMILES string of the molecule is CC(C)(C)[C@H]1CCc2c(sc(N=Cc3cc(Br)cc(I)c3O)c2C(=O)Nc2ccc(Cl)cc2)C1. The number of thiophene rings is 1. The summed E-state index contributed by atoms with van der Waals surface area (Å²) >= 11 is 13.1. The van der Waals surface area contributed by atoms with Crippen LogP contribution in [0.4, 0.5) is 10.7 Å². The molecule has 1 amide bonds. The van der Waals surface area contributed by atoms with Gasteiger partial charge in [-0.25, -0.2) is 4.99 Å². The molecule has 1 heterocycles. The number of nitrogens with zero attached hydrogens (tertiary/aromatic N) is 1. The number of aromatic hydroxyl groups is 1. The van der Waals surface area contributed by atoms with Crippen LogP contribution in [0.3, 0.4) is 0 Å². The number of rotatable bonds is 4. The number of carbonyl (C=O) groups is 1. The molecule has 8 heteroatoms. The van der Waals surface area contributed by atoms with Crippen molar-refractivity contribution in [3.63, 3.8) is 0 Å². The largest absolute Gasteiger partial charge is 0.506 e. The van der Waals surface area contributed by atoms with Gasteiger partial charge in [0, 0.05) is 31.8 Å². The Morgan fingerprint density at radius 1 is 1.29 bits per heavy atom. The van der Waals surface area contributed by atoms with E-state index in [1.165, 1.54) is 4.88 Å². The van der Waals surface area contributed by atoms with E-state index in [-0.39, 0.29) is 17.1 Å². The number of hydrogen-bond acceptors (Lipinski definition) is 4. The van der Waals surface area contributed by atoms with Gasteiger partial charge in [-0.15, -0.1) is 11.3 Å². The highest BCUT2D eigenvalue weighted by Crippen LogP contribution is 2.45. The van der Waals surface area contributed by atoms with Crippen LogP contribution in [0.25, 0.3) is 0 Å². The smallest absolute Gasteiger partial charge is 0.259 e. The van der Waals surface area contributed by atoms with E-state index in [9.17, 15) is 9.90 Å². The summed E-state index contributed by atoms with van der Waals surface area (Å²) in [5, 5.41) is 14.8. The zero-order valence-corrected chi connectivity index (χ0v) is 24.4. The van der Waals surface area contributed by atoms with Crippen molar-refractivity contribution >= 4 is 84.3 Å². The zero-order chi connectivity index (χ0) is 24.6. The number of hydrogen-bond donors (Lipinski definition) is 2. The molecule has 0 fully saturated rings. The number of anilines is 1. The fraction of sp³-hybridized carbons (Fsp3) is 0.308. The molecule has 2 aromatic carbocycles. The fourth-order valence-electron chi connectivity index (χ4n) is 4.18. The summed E-state index contributed by atoms with van der Waals surface area (Å²) in [5.41, 5.74) is 3.21. The Morgan fingerprint density at radius 3 is 2.68 bits per heavy atom. The molecule has 1 aliphatic rings. The van der Waals surface area contributed by atoms with Gasteiger partial charge < -0.3 is 10.4 Å². The molecule has 0 unspecified atom stereocenters. The highest BCUT2D eigenvalue weighted by Gasteiger charge is 2.33. The van der Waals surface area contributed by atoms with Gasteiger partial charge in [0.25, 0.3) is 5.91 Å². The molecule has 0 bridgehead atoms. The van der Waals surface area contributed by atoms with Crippen LogP contribution in [0.15, 0.2) is 45.9 Å². The number of phenolic OH excluding ortho intramolecular Hbond substituents is 1. The number of phenols is 1. The third-order valence-electron chi connectivity index (χ3n) is 6.18. The Labute approximate surface area is 231 Å². The van der Waals surface area contributed by atoms with E-state index < -0.39 is 0 Å². The molecular formula is C26H25BrClIN2O2S. The molecule has 4 rings (SSSR count). The highest BCUT2D eigenvalue weighted by atomic mass is 127. The van der Waals surface area contributed by atoms with Crippen molar-refractivity contribution in [1.29, 1.82) is 0 Å². The average Bonchev–Trinajstić information content (AvgIpc) is 3.14. The first kappa shape index (κ1) is 25.7. The van der Waals surface area contributed by atoms with Gasteiger partial charge in [0.2, 0.25) is 0 Å². The second-order valence-electron chi connectivity index (χ2n) is 9.53. The summed E-state index contributed by atoms with van der Waals surface area (Å²) in [7, 11) is 0. The average molecular weight is 672 g/mol. The molecule has 0 saturated heterocycles. The Morgan fingerprint density at radius 2 is 2.00 bits per heavy atom. The van der Waals surface area contributed by atoms with Crippen LogP contribution in [0, 0.1) is 14.9 Å². The lowest BCUT2D eigenvalue weighted by Crippen LogP contribution is -2.27. The summed E-state index contributed by atoms with van der Waals surface area (Å²) in [4.78, 5) is 19.4. The Hall–Kier alpha value is -1.42. The highest BCUT2D eigenvalue weighted by molar-refractivity contribution is 14.1. The van der Waals surface area contributed by atoms with Crippen LogP contribution in [0.1, 0.15) is 53.6 Å². The van der Waals surface area contributed by atoms with Crippen molar-refractivity contribution in [2.24, 2.45) is 16.3 Å². The second-order valence-corrected chi connectivity index (χ2v) is 13.1. The molecule has 1 aromatic heterocycles. The first-order valence-electron chi connectivity index (χ1n) is 11.0. The molecule has 3 aromatic rings. The number of nitrogens with one attached hydrogen (secondary N) is 1. The molecule has 1 aliphatic carbocycles. The Bertz CT molecular complexity index is 1270. The van der Waals surface area contributed by atoms with Crippen LogP contribution in [0.2, 0.25) is 5.02 Å². The lowest BCUT2D eigenvalue weighted by Gasteiger charge is -2.33. The number of carbonyl (C=O) groups excluding carboxylic acids is 1. The summed E-state index contributed by atoms with van der Waals surface area (Å²) in [6.45, 7) is 6.84. The molecule has 0 spiro atoms. The molecule has 2 N–H and O–H groups in total. The van der Waals surface area contributed by atoms with Gasteiger partial charge in [-0.3, -0.25) is 4.79 Å². The lowest BCUT2D eigenvalue weighted by molar-refractivity contribution is 0.102. The van der Waals surface area contributed by atoms with Gasteiger partial charge >= 0.3 is 0 Å². The van der Waals surface area contributed by atoms with Crippen LogP contribution in [0.5, 0.6) is 5.75 Å². The standard InChI is InChI=1S/C26H25BrClIN2O2S/c1-26(2,3)15-4-9-19-21(11-15)34-25(30-13-14-10-16(27)12-20(29)23(14)32)22(19)24(33)31-18-7-5-17(28)6-8-18/h5-8,10,12-13,15,32H,4,9,11H2,1-3H3,(H,31,33)/t15-/m0/s1. The van der Waals surface area contributed by atoms with E-state index >= 15 is 0 Å². The number of fused-ring (bicyclic) bond motifs is 1. The summed E-state index contributed by atoms with van der Waals surface area (Å²) in [6.07, 6.45) is 4.48. The first-order valence-corrected chi connectivity index (χ1v) is 14.0. The topological polar surface area (TPSA) is 61.7 Å². The van der Waals surface area contributed by atoms with Gasteiger partial charge in [-0.05, 0) is 95.1 Å². The van der Waals surface area contributed by atoms with Gasteiger partial charge in [0.05, 0.1) is 9.13 Å². The van der Waals surface area contributed by atoms with E-state index in [1.54, 1.807) is 41.8 Å². The number of benzene rings is 2. The van der Waals surface area contributed by atoms with E-state index in [4.69, 9.17) is 16.6 Å².